The van der Waals surface area contributed by atoms with Gasteiger partial charge in [-0.1, -0.05) is 11.6 Å². The number of phenolic OH excluding ortho intramolecular Hbond substituents is 1. The van der Waals surface area contributed by atoms with E-state index in [9.17, 15) is 9.90 Å². The lowest BCUT2D eigenvalue weighted by Crippen LogP contribution is -2.37. The van der Waals surface area contributed by atoms with Crippen LogP contribution in [0.4, 0.5) is 0 Å². The summed E-state index contributed by atoms with van der Waals surface area (Å²) in [6.07, 6.45) is 3.62. The lowest BCUT2D eigenvalue weighted by Gasteiger charge is -2.23. The minimum absolute atomic E-state index is 0.0344. The molecule has 108 valence electrons. The molecule has 4 heteroatoms. The van der Waals surface area contributed by atoms with Crippen LogP contribution in [0.25, 0.3) is 0 Å². The molecule has 1 aromatic rings. The average molecular weight is 274 g/mol. The van der Waals surface area contributed by atoms with Crippen LogP contribution in [0.5, 0.6) is 5.75 Å². The molecule has 0 radical (unpaired) electrons. The molecule has 1 unspecified atom stereocenters. The van der Waals surface area contributed by atoms with Crippen LogP contribution in [0.3, 0.4) is 0 Å². The molecule has 4 nitrogen and oxygen atoms in total. The van der Waals surface area contributed by atoms with Crippen molar-refractivity contribution >= 4 is 5.91 Å². The quantitative estimate of drug-likeness (QED) is 0.897. The van der Waals surface area contributed by atoms with Gasteiger partial charge in [0.05, 0.1) is 5.56 Å². The molecule has 1 N–H and O–H groups in total. The molecule has 1 amide bonds. The molecule has 2 aliphatic heterocycles. The minimum Gasteiger partial charge on any atom is -0.507 e. The summed E-state index contributed by atoms with van der Waals surface area (Å²) < 4.78 is 0. The Hall–Kier alpha value is -1.55. The molecule has 0 saturated carbocycles. The van der Waals surface area contributed by atoms with E-state index in [1.165, 1.54) is 25.9 Å². The zero-order valence-corrected chi connectivity index (χ0v) is 12.0. The van der Waals surface area contributed by atoms with Gasteiger partial charge in [0.2, 0.25) is 0 Å². The molecular formula is C16H22N2O2. The van der Waals surface area contributed by atoms with Gasteiger partial charge in [0.15, 0.2) is 0 Å². The Morgan fingerprint density at radius 1 is 1.25 bits per heavy atom. The number of amides is 1. The third-order valence-corrected chi connectivity index (χ3v) is 4.49. The van der Waals surface area contributed by atoms with Crippen molar-refractivity contribution in [1.29, 1.82) is 0 Å². The van der Waals surface area contributed by atoms with E-state index in [4.69, 9.17) is 0 Å². The van der Waals surface area contributed by atoms with Gasteiger partial charge < -0.3 is 10.0 Å². The van der Waals surface area contributed by atoms with E-state index in [0.29, 0.717) is 11.6 Å². The zero-order valence-electron chi connectivity index (χ0n) is 12.0. The van der Waals surface area contributed by atoms with Crippen molar-refractivity contribution in [3.8, 4) is 5.75 Å². The van der Waals surface area contributed by atoms with Gasteiger partial charge in [-0.15, -0.1) is 0 Å². The van der Waals surface area contributed by atoms with E-state index in [-0.39, 0.29) is 11.7 Å². The highest BCUT2D eigenvalue weighted by Crippen LogP contribution is 2.25. The number of aryl methyl sites for hydroxylation is 1. The first-order valence-electron chi connectivity index (χ1n) is 7.48. The first-order valence-corrected chi connectivity index (χ1v) is 7.48. The van der Waals surface area contributed by atoms with Gasteiger partial charge in [-0.2, -0.15) is 0 Å². The first kappa shape index (κ1) is 13.4. The van der Waals surface area contributed by atoms with E-state index in [2.05, 4.69) is 4.90 Å². The van der Waals surface area contributed by atoms with Crippen molar-refractivity contribution in [3.63, 3.8) is 0 Å². The Morgan fingerprint density at radius 2 is 2.00 bits per heavy atom. The van der Waals surface area contributed by atoms with E-state index >= 15 is 0 Å². The maximum atomic E-state index is 12.5. The molecule has 1 aromatic carbocycles. The van der Waals surface area contributed by atoms with Gasteiger partial charge in [0, 0.05) is 19.1 Å². The van der Waals surface area contributed by atoms with Crippen LogP contribution in [0.2, 0.25) is 0 Å². The minimum atomic E-state index is -0.0344. The van der Waals surface area contributed by atoms with Crippen LogP contribution in [-0.4, -0.2) is 53.0 Å². The van der Waals surface area contributed by atoms with Crippen molar-refractivity contribution < 1.29 is 9.90 Å². The molecule has 2 fully saturated rings. The highest BCUT2D eigenvalue weighted by atomic mass is 16.3. The number of likely N-dealkylation sites (tertiary alicyclic amines) is 2. The summed E-state index contributed by atoms with van der Waals surface area (Å²) in [4.78, 5) is 16.9. The maximum absolute atomic E-state index is 12.5. The molecule has 1 atom stereocenters. The number of aromatic hydroxyl groups is 1. The van der Waals surface area contributed by atoms with Crippen molar-refractivity contribution in [2.75, 3.05) is 26.2 Å². The predicted molar refractivity (Wildman–Crippen MR) is 78.0 cm³/mol. The standard InChI is InChI=1S/C16H22N2O2/c1-12-4-5-15(19)14(10-12)16(20)18-9-6-13(11-18)17-7-2-3-8-17/h4-5,10,13,19H,2-3,6-9,11H2,1H3. The van der Waals surface area contributed by atoms with Crippen molar-refractivity contribution in [1.82, 2.24) is 9.80 Å². The molecule has 3 rings (SSSR count). The van der Waals surface area contributed by atoms with E-state index in [1.54, 1.807) is 12.1 Å². The van der Waals surface area contributed by atoms with Crippen molar-refractivity contribution in [2.45, 2.75) is 32.2 Å². The van der Waals surface area contributed by atoms with Crippen LogP contribution >= 0.6 is 0 Å². The summed E-state index contributed by atoms with van der Waals surface area (Å²) in [5, 5.41) is 9.89. The Balaban J connectivity index is 1.70. The number of carbonyl (C=O) groups excluding carboxylic acids is 1. The van der Waals surface area contributed by atoms with Gasteiger partial charge in [0.1, 0.15) is 5.75 Å². The summed E-state index contributed by atoms with van der Waals surface area (Å²) in [5.41, 5.74) is 1.44. The second-order valence-electron chi connectivity index (χ2n) is 5.96. The second kappa shape index (κ2) is 5.44. The number of hydrogen-bond donors (Lipinski definition) is 1. The predicted octanol–water partition coefficient (Wildman–Crippen LogP) is 2.01. The van der Waals surface area contributed by atoms with Crippen LogP contribution in [-0.2, 0) is 0 Å². The number of nitrogens with zero attached hydrogens (tertiary/aromatic N) is 2. The number of benzene rings is 1. The fourth-order valence-electron chi connectivity index (χ4n) is 3.32. The molecule has 2 aliphatic rings. The van der Waals surface area contributed by atoms with Crippen LogP contribution < -0.4 is 0 Å². The number of hydrogen-bond acceptors (Lipinski definition) is 3. The Bertz CT molecular complexity index is 509. The van der Waals surface area contributed by atoms with Crippen molar-refractivity contribution in [2.24, 2.45) is 0 Å². The molecule has 0 spiro atoms. The summed E-state index contributed by atoms with van der Waals surface area (Å²) in [6.45, 7) is 5.87. The highest BCUT2D eigenvalue weighted by molar-refractivity contribution is 5.97. The number of phenols is 1. The number of carbonyl (C=O) groups is 1. The third-order valence-electron chi connectivity index (χ3n) is 4.49. The van der Waals surface area contributed by atoms with Crippen LogP contribution in [0, 0.1) is 6.92 Å². The average Bonchev–Trinajstić information content (AvgIpc) is 3.10. The molecule has 0 aromatic heterocycles. The van der Waals surface area contributed by atoms with Gasteiger partial charge in [-0.05, 0) is 51.4 Å². The largest absolute Gasteiger partial charge is 0.507 e. The zero-order chi connectivity index (χ0) is 14.1. The lowest BCUT2D eigenvalue weighted by molar-refractivity contribution is 0.0777. The summed E-state index contributed by atoms with van der Waals surface area (Å²) in [7, 11) is 0. The maximum Gasteiger partial charge on any atom is 0.257 e. The SMILES string of the molecule is Cc1ccc(O)c(C(=O)N2CCC(N3CCCC3)C2)c1. The van der Waals surface area contributed by atoms with E-state index in [0.717, 1.165) is 25.1 Å². The molecule has 2 saturated heterocycles. The monoisotopic (exact) mass is 274 g/mol. The fourth-order valence-corrected chi connectivity index (χ4v) is 3.32. The summed E-state index contributed by atoms with van der Waals surface area (Å²) in [6, 6.07) is 5.72. The summed E-state index contributed by atoms with van der Waals surface area (Å²) >= 11 is 0. The second-order valence-corrected chi connectivity index (χ2v) is 5.96. The smallest absolute Gasteiger partial charge is 0.257 e. The highest BCUT2D eigenvalue weighted by Gasteiger charge is 2.32. The topological polar surface area (TPSA) is 43.8 Å². The Labute approximate surface area is 120 Å². The van der Waals surface area contributed by atoms with Crippen LogP contribution in [0.15, 0.2) is 18.2 Å². The molecule has 0 bridgehead atoms. The summed E-state index contributed by atoms with van der Waals surface area (Å²) in [5.74, 6) is 0.0538. The van der Waals surface area contributed by atoms with Crippen molar-refractivity contribution in [3.05, 3.63) is 29.3 Å². The first-order chi connectivity index (χ1) is 9.65. The Kier molecular flexibility index (Phi) is 3.66. The third kappa shape index (κ3) is 2.52. The van der Waals surface area contributed by atoms with Gasteiger partial charge >= 0.3 is 0 Å². The van der Waals surface area contributed by atoms with E-state index in [1.807, 2.05) is 17.9 Å². The molecular weight excluding hydrogens is 252 g/mol. The molecule has 0 aliphatic carbocycles. The van der Waals surface area contributed by atoms with Gasteiger partial charge in [0.25, 0.3) is 5.91 Å². The normalized spacial score (nSPS) is 23.4. The Morgan fingerprint density at radius 3 is 2.75 bits per heavy atom. The lowest BCUT2D eigenvalue weighted by atomic mass is 10.1. The van der Waals surface area contributed by atoms with E-state index < -0.39 is 0 Å². The van der Waals surface area contributed by atoms with Gasteiger partial charge in [-0.25, -0.2) is 0 Å². The fraction of sp³-hybridized carbons (Fsp3) is 0.562. The molecule has 2 heterocycles. The van der Waals surface area contributed by atoms with Crippen LogP contribution in [0.1, 0.15) is 35.2 Å². The number of rotatable bonds is 2. The van der Waals surface area contributed by atoms with Gasteiger partial charge in [-0.3, -0.25) is 9.69 Å². The molecule has 20 heavy (non-hydrogen) atoms.